The van der Waals surface area contributed by atoms with Crippen LogP contribution in [0, 0.1) is 5.92 Å². The summed E-state index contributed by atoms with van der Waals surface area (Å²) in [5, 5.41) is 3.42. The van der Waals surface area contributed by atoms with E-state index in [9.17, 15) is 0 Å². The molecular weight excluding hydrogens is 234 g/mol. The van der Waals surface area contributed by atoms with E-state index in [0.29, 0.717) is 11.8 Å². The number of hydrogen-bond acceptors (Lipinski definition) is 2. The number of ether oxygens (including phenoxy) is 1. The SMILES string of the molecule is CCC(C)c1ccc(OC(C)CNCC(C)C)cc1. The normalized spacial score (nSPS) is 14.4. The Bertz CT molecular complexity index is 345. The third-order valence-electron chi connectivity index (χ3n) is 3.38. The zero-order valence-corrected chi connectivity index (χ0v) is 13.1. The molecule has 2 heteroatoms. The summed E-state index contributed by atoms with van der Waals surface area (Å²) >= 11 is 0. The quantitative estimate of drug-likeness (QED) is 0.758. The lowest BCUT2D eigenvalue weighted by Gasteiger charge is -2.17. The average Bonchev–Trinajstić information content (AvgIpc) is 2.38. The van der Waals surface area contributed by atoms with Crippen molar-refractivity contribution in [2.75, 3.05) is 13.1 Å². The molecule has 0 amide bonds. The van der Waals surface area contributed by atoms with E-state index in [-0.39, 0.29) is 6.10 Å². The molecule has 0 aliphatic rings. The second-order valence-corrected chi connectivity index (χ2v) is 5.86. The molecule has 0 radical (unpaired) electrons. The predicted octanol–water partition coefficient (Wildman–Crippen LogP) is 4.21. The fourth-order valence-corrected chi connectivity index (χ4v) is 1.96. The predicted molar refractivity (Wildman–Crippen MR) is 82.9 cm³/mol. The molecule has 0 heterocycles. The van der Waals surface area contributed by atoms with Crippen LogP contribution in [0.2, 0.25) is 0 Å². The molecule has 0 aliphatic carbocycles. The largest absolute Gasteiger partial charge is 0.489 e. The van der Waals surface area contributed by atoms with Gasteiger partial charge >= 0.3 is 0 Å². The standard InChI is InChI=1S/C17H29NO/c1-6-14(4)16-7-9-17(10-8-16)19-15(5)12-18-11-13(2)3/h7-10,13-15,18H,6,11-12H2,1-5H3. The summed E-state index contributed by atoms with van der Waals surface area (Å²) in [6.07, 6.45) is 1.38. The molecule has 2 unspecified atom stereocenters. The fourth-order valence-electron chi connectivity index (χ4n) is 1.96. The van der Waals surface area contributed by atoms with Gasteiger partial charge in [0.15, 0.2) is 0 Å². The van der Waals surface area contributed by atoms with Gasteiger partial charge < -0.3 is 10.1 Å². The number of rotatable bonds is 8. The Hall–Kier alpha value is -1.02. The van der Waals surface area contributed by atoms with Crippen molar-refractivity contribution in [1.82, 2.24) is 5.32 Å². The summed E-state index contributed by atoms with van der Waals surface area (Å²) in [6.45, 7) is 13.0. The molecule has 0 bridgehead atoms. The molecule has 0 aliphatic heterocycles. The topological polar surface area (TPSA) is 21.3 Å². The third-order valence-corrected chi connectivity index (χ3v) is 3.38. The zero-order valence-electron chi connectivity index (χ0n) is 13.1. The Kier molecular flexibility index (Phi) is 6.93. The van der Waals surface area contributed by atoms with Crippen molar-refractivity contribution >= 4 is 0 Å². The molecule has 19 heavy (non-hydrogen) atoms. The van der Waals surface area contributed by atoms with Crippen LogP contribution in [-0.2, 0) is 0 Å². The smallest absolute Gasteiger partial charge is 0.119 e. The third kappa shape index (κ3) is 6.11. The van der Waals surface area contributed by atoms with Crippen molar-refractivity contribution in [2.24, 2.45) is 5.92 Å². The van der Waals surface area contributed by atoms with E-state index in [2.05, 4.69) is 64.2 Å². The van der Waals surface area contributed by atoms with Crippen LogP contribution in [0.5, 0.6) is 5.75 Å². The van der Waals surface area contributed by atoms with Gasteiger partial charge in [-0.05, 0) is 49.4 Å². The Morgan fingerprint density at radius 1 is 1.00 bits per heavy atom. The van der Waals surface area contributed by atoms with Gasteiger partial charge in [-0.1, -0.05) is 39.8 Å². The molecule has 1 aromatic carbocycles. The van der Waals surface area contributed by atoms with E-state index in [1.54, 1.807) is 0 Å². The van der Waals surface area contributed by atoms with E-state index in [4.69, 9.17) is 4.74 Å². The molecule has 0 saturated carbocycles. The Morgan fingerprint density at radius 3 is 2.16 bits per heavy atom. The van der Waals surface area contributed by atoms with Crippen molar-refractivity contribution in [3.8, 4) is 5.75 Å². The minimum Gasteiger partial charge on any atom is -0.489 e. The second kappa shape index (κ2) is 8.21. The summed E-state index contributed by atoms with van der Waals surface area (Å²) in [4.78, 5) is 0. The zero-order chi connectivity index (χ0) is 14.3. The molecule has 0 saturated heterocycles. The molecular formula is C17H29NO. The van der Waals surface area contributed by atoms with Gasteiger partial charge in [-0.15, -0.1) is 0 Å². The van der Waals surface area contributed by atoms with Crippen molar-refractivity contribution < 1.29 is 4.74 Å². The first-order chi connectivity index (χ1) is 9.02. The summed E-state index contributed by atoms with van der Waals surface area (Å²) in [5.74, 6) is 2.27. The highest BCUT2D eigenvalue weighted by Crippen LogP contribution is 2.21. The molecule has 2 atom stereocenters. The molecule has 2 nitrogen and oxygen atoms in total. The lowest BCUT2D eigenvalue weighted by atomic mass is 9.99. The van der Waals surface area contributed by atoms with Gasteiger partial charge in [0.2, 0.25) is 0 Å². The number of hydrogen-bond donors (Lipinski definition) is 1. The maximum absolute atomic E-state index is 5.90. The van der Waals surface area contributed by atoms with Crippen LogP contribution in [0.4, 0.5) is 0 Å². The monoisotopic (exact) mass is 263 g/mol. The summed E-state index contributed by atoms with van der Waals surface area (Å²) in [7, 11) is 0. The van der Waals surface area contributed by atoms with E-state index < -0.39 is 0 Å². The average molecular weight is 263 g/mol. The van der Waals surface area contributed by atoms with Crippen LogP contribution in [-0.4, -0.2) is 19.2 Å². The summed E-state index contributed by atoms with van der Waals surface area (Å²) in [6, 6.07) is 8.52. The molecule has 0 aromatic heterocycles. The molecule has 0 fully saturated rings. The van der Waals surface area contributed by atoms with Crippen LogP contribution in [0.1, 0.15) is 52.5 Å². The highest BCUT2D eigenvalue weighted by Gasteiger charge is 2.06. The van der Waals surface area contributed by atoms with Crippen LogP contribution < -0.4 is 10.1 Å². The number of benzene rings is 1. The minimum absolute atomic E-state index is 0.202. The van der Waals surface area contributed by atoms with E-state index in [1.807, 2.05) is 0 Å². The lowest BCUT2D eigenvalue weighted by molar-refractivity contribution is 0.215. The molecule has 108 valence electrons. The summed E-state index contributed by atoms with van der Waals surface area (Å²) < 4.78 is 5.90. The maximum Gasteiger partial charge on any atom is 0.119 e. The van der Waals surface area contributed by atoms with E-state index >= 15 is 0 Å². The first kappa shape index (κ1) is 16.0. The first-order valence-corrected chi connectivity index (χ1v) is 7.50. The Balaban J connectivity index is 2.40. The van der Waals surface area contributed by atoms with E-state index in [1.165, 1.54) is 12.0 Å². The highest BCUT2D eigenvalue weighted by molar-refractivity contribution is 5.29. The van der Waals surface area contributed by atoms with Gasteiger partial charge in [0.05, 0.1) is 0 Å². The van der Waals surface area contributed by atoms with Crippen LogP contribution in [0.25, 0.3) is 0 Å². The van der Waals surface area contributed by atoms with Gasteiger partial charge in [0.1, 0.15) is 11.9 Å². The minimum atomic E-state index is 0.202. The molecule has 1 aromatic rings. The summed E-state index contributed by atoms with van der Waals surface area (Å²) in [5.41, 5.74) is 1.39. The van der Waals surface area contributed by atoms with Crippen molar-refractivity contribution in [1.29, 1.82) is 0 Å². The molecule has 0 spiro atoms. The van der Waals surface area contributed by atoms with Gasteiger partial charge in [0, 0.05) is 6.54 Å². The number of nitrogens with one attached hydrogen (secondary N) is 1. The van der Waals surface area contributed by atoms with Crippen LogP contribution in [0.15, 0.2) is 24.3 Å². The van der Waals surface area contributed by atoms with Crippen molar-refractivity contribution in [3.05, 3.63) is 29.8 Å². The Morgan fingerprint density at radius 2 is 1.63 bits per heavy atom. The van der Waals surface area contributed by atoms with Gasteiger partial charge in [-0.3, -0.25) is 0 Å². The first-order valence-electron chi connectivity index (χ1n) is 7.50. The van der Waals surface area contributed by atoms with Crippen molar-refractivity contribution in [3.63, 3.8) is 0 Å². The highest BCUT2D eigenvalue weighted by atomic mass is 16.5. The van der Waals surface area contributed by atoms with Gasteiger partial charge in [-0.25, -0.2) is 0 Å². The molecule has 1 N–H and O–H groups in total. The maximum atomic E-state index is 5.90. The second-order valence-electron chi connectivity index (χ2n) is 5.86. The van der Waals surface area contributed by atoms with E-state index in [0.717, 1.165) is 18.8 Å². The van der Waals surface area contributed by atoms with Crippen LogP contribution >= 0.6 is 0 Å². The van der Waals surface area contributed by atoms with Crippen LogP contribution in [0.3, 0.4) is 0 Å². The van der Waals surface area contributed by atoms with Gasteiger partial charge in [0.25, 0.3) is 0 Å². The van der Waals surface area contributed by atoms with Gasteiger partial charge in [-0.2, -0.15) is 0 Å². The lowest BCUT2D eigenvalue weighted by Crippen LogP contribution is -2.31. The Labute approximate surface area is 118 Å². The van der Waals surface area contributed by atoms with Crippen molar-refractivity contribution in [2.45, 2.75) is 53.1 Å². The molecule has 1 rings (SSSR count). The fraction of sp³-hybridized carbons (Fsp3) is 0.647.